The summed E-state index contributed by atoms with van der Waals surface area (Å²) < 4.78 is 1.65. The molecule has 0 bridgehead atoms. The van der Waals surface area contributed by atoms with Gasteiger partial charge in [0.2, 0.25) is 0 Å². The molecule has 0 aliphatic carbocycles. The number of phenols is 1. The molecular formula is C13H14ClN3O2. The molecule has 6 heteroatoms. The molecular weight excluding hydrogens is 266 g/mol. The summed E-state index contributed by atoms with van der Waals surface area (Å²) in [7, 11) is 0. The van der Waals surface area contributed by atoms with Gasteiger partial charge >= 0.3 is 0 Å². The molecule has 0 radical (unpaired) electrons. The summed E-state index contributed by atoms with van der Waals surface area (Å²) >= 11 is 5.73. The minimum atomic E-state index is -0.228. The van der Waals surface area contributed by atoms with Gasteiger partial charge in [0.05, 0.1) is 17.8 Å². The topological polar surface area (TPSA) is 67.2 Å². The summed E-state index contributed by atoms with van der Waals surface area (Å²) in [5.74, 6) is -0.111. The first kappa shape index (κ1) is 13.4. The van der Waals surface area contributed by atoms with Gasteiger partial charge in [-0.05, 0) is 24.6 Å². The second-order valence-electron chi connectivity index (χ2n) is 4.18. The van der Waals surface area contributed by atoms with Gasteiger partial charge in [-0.1, -0.05) is 17.7 Å². The standard InChI is InChI=1S/C13H14ClN3O2/c1-9-2-3-10(6-12(9)18)13(19)15-4-5-17-8-11(14)7-16-17/h2-3,6-8,18H,4-5H2,1H3,(H,15,19). The van der Waals surface area contributed by atoms with Crippen molar-refractivity contribution in [1.29, 1.82) is 0 Å². The number of hydrogen-bond acceptors (Lipinski definition) is 3. The van der Waals surface area contributed by atoms with Crippen molar-refractivity contribution in [1.82, 2.24) is 15.1 Å². The number of aromatic hydroxyl groups is 1. The van der Waals surface area contributed by atoms with E-state index < -0.39 is 0 Å². The number of carbonyl (C=O) groups is 1. The highest BCUT2D eigenvalue weighted by Crippen LogP contribution is 2.17. The molecule has 100 valence electrons. The fraction of sp³-hybridized carbons (Fsp3) is 0.231. The number of amides is 1. The first-order valence-electron chi connectivity index (χ1n) is 5.82. The Morgan fingerprint density at radius 1 is 1.53 bits per heavy atom. The third-order valence-corrected chi connectivity index (χ3v) is 2.89. The summed E-state index contributed by atoms with van der Waals surface area (Å²) in [6, 6.07) is 4.84. The molecule has 0 saturated carbocycles. The molecule has 2 rings (SSSR count). The summed E-state index contributed by atoms with van der Waals surface area (Å²) in [5, 5.41) is 16.9. The van der Waals surface area contributed by atoms with Crippen LogP contribution >= 0.6 is 11.6 Å². The molecule has 0 saturated heterocycles. The van der Waals surface area contributed by atoms with Crippen molar-refractivity contribution < 1.29 is 9.90 Å². The van der Waals surface area contributed by atoms with Crippen LogP contribution in [0, 0.1) is 6.92 Å². The highest BCUT2D eigenvalue weighted by molar-refractivity contribution is 6.30. The first-order valence-corrected chi connectivity index (χ1v) is 6.20. The van der Waals surface area contributed by atoms with E-state index in [-0.39, 0.29) is 11.7 Å². The van der Waals surface area contributed by atoms with Crippen LogP contribution in [-0.2, 0) is 6.54 Å². The number of rotatable bonds is 4. The van der Waals surface area contributed by atoms with Gasteiger partial charge in [0, 0.05) is 18.3 Å². The van der Waals surface area contributed by atoms with Gasteiger partial charge in [0.15, 0.2) is 0 Å². The lowest BCUT2D eigenvalue weighted by molar-refractivity contribution is 0.0951. The van der Waals surface area contributed by atoms with Crippen LogP contribution < -0.4 is 5.32 Å². The molecule has 0 atom stereocenters. The van der Waals surface area contributed by atoms with E-state index in [2.05, 4.69) is 10.4 Å². The Morgan fingerprint density at radius 3 is 2.95 bits per heavy atom. The summed E-state index contributed by atoms with van der Waals surface area (Å²) in [5.41, 5.74) is 1.17. The molecule has 1 amide bonds. The monoisotopic (exact) mass is 279 g/mol. The molecule has 0 aliphatic rings. The lowest BCUT2D eigenvalue weighted by atomic mass is 10.1. The number of benzene rings is 1. The van der Waals surface area contributed by atoms with Gasteiger partial charge in [-0.3, -0.25) is 9.48 Å². The minimum Gasteiger partial charge on any atom is -0.508 e. The highest BCUT2D eigenvalue weighted by atomic mass is 35.5. The van der Waals surface area contributed by atoms with Crippen LogP contribution in [0.3, 0.4) is 0 Å². The van der Waals surface area contributed by atoms with Crippen LogP contribution in [0.4, 0.5) is 0 Å². The predicted molar refractivity (Wildman–Crippen MR) is 72.4 cm³/mol. The number of hydrogen-bond donors (Lipinski definition) is 2. The first-order chi connectivity index (χ1) is 9.06. The van der Waals surface area contributed by atoms with Crippen LogP contribution in [0.5, 0.6) is 5.75 Å². The molecule has 1 heterocycles. The lowest BCUT2D eigenvalue weighted by Crippen LogP contribution is -2.27. The van der Waals surface area contributed by atoms with Crippen LogP contribution in [-0.4, -0.2) is 27.3 Å². The van der Waals surface area contributed by atoms with E-state index in [1.54, 1.807) is 36.1 Å². The minimum absolute atomic E-state index is 0.117. The average molecular weight is 280 g/mol. The van der Waals surface area contributed by atoms with Gasteiger partial charge in [0.1, 0.15) is 5.75 Å². The molecule has 1 aromatic heterocycles. The zero-order valence-electron chi connectivity index (χ0n) is 10.4. The number of nitrogens with zero attached hydrogens (tertiary/aromatic N) is 2. The lowest BCUT2D eigenvalue weighted by Gasteiger charge is -2.06. The van der Waals surface area contributed by atoms with E-state index >= 15 is 0 Å². The van der Waals surface area contributed by atoms with Gasteiger partial charge in [-0.25, -0.2) is 0 Å². The normalized spacial score (nSPS) is 10.4. The summed E-state index contributed by atoms with van der Waals surface area (Å²) in [6.45, 7) is 2.75. The molecule has 2 N–H and O–H groups in total. The van der Waals surface area contributed by atoms with Crippen molar-refractivity contribution in [3.8, 4) is 5.75 Å². The SMILES string of the molecule is Cc1ccc(C(=O)NCCn2cc(Cl)cn2)cc1O. The van der Waals surface area contributed by atoms with Gasteiger partial charge in [-0.2, -0.15) is 5.10 Å². The smallest absolute Gasteiger partial charge is 0.251 e. The number of aryl methyl sites for hydroxylation is 1. The number of carbonyl (C=O) groups excluding carboxylic acids is 1. The van der Waals surface area contributed by atoms with Crippen molar-refractivity contribution >= 4 is 17.5 Å². The van der Waals surface area contributed by atoms with E-state index in [1.165, 1.54) is 6.07 Å². The largest absolute Gasteiger partial charge is 0.508 e. The van der Waals surface area contributed by atoms with Crippen LogP contribution in [0.2, 0.25) is 5.02 Å². The Bertz CT molecular complexity index is 595. The summed E-state index contributed by atoms with van der Waals surface area (Å²) in [6.07, 6.45) is 3.23. The van der Waals surface area contributed by atoms with E-state index in [1.807, 2.05) is 0 Å². The Balaban J connectivity index is 1.89. The van der Waals surface area contributed by atoms with Gasteiger partial charge < -0.3 is 10.4 Å². The van der Waals surface area contributed by atoms with E-state index in [0.29, 0.717) is 23.7 Å². The van der Waals surface area contributed by atoms with E-state index in [4.69, 9.17) is 11.6 Å². The molecule has 1 aromatic carbocycles. The molecule has 0 fully saturated rings. The fourth-order valence-corrected chi connectivity index (χ4v) is 1.75. The number of aromatic nitrogens is 2. The van der Waals surface area contributed by atoms with Crippen LogP contribution in [0.1, 0.15) is 15.9 Å². The third-order valence-electron chi connectivity index (χ3n) is 2.70. The van der Waals surface area contributed by atoms with Crippen LogP contribution in [0.15, 0.2) is 30.6 Å². The second kappa shape index (κ2) is 5.75. The van der Waals surface area contributed by atoms with Crippen molar-refractivity contribution in [3.63, 3.8) is 0 Å². The zero-order valence-corrected chi connectivity index (χ0v) is 11.2. The summed E-state index contributed by atoms with van der Waals surface area (Å²) in [4.78, 5) is 11.8. The fourth-order valence-electron chi connectivity index (χ4n) is 1.60. The Hall–Kier alpha value is -2.01. The second-order valence-corrected chi connectivity index (χ2v) is 4.62. The molecule has 19 heavy (non-hydrogen) atoms. The maximum absolute atomic E-state index is 11.8. The molecule has 0 unspecified atom stereocenters. The Morgan fingerprint density at radius 2 is 2.32 bits per heavy atom. The van der Waals surface area contributed by atoms with Crippen molar-refractivity contribution in [2.45, 2.75) is 13.5 Å². The average Bonchev–Trinajstić information content (AvgIpc) is 2.78. The van der Waals surface area contributed by atoms with Crippen molar-refractivity contribution in [3.05, 3.63) is 46.7 Å². The van der Waals surface area contributed by atoms with Gasteiger partial charge in [-0.15, -0.1) is 0 Å². The zero-order chi connectivity index (χ0) is 13.8. The maximum Gasteiger partial charge on any atom is 0.251 e. The molecule has 0 spiro atoms. The van der Waals surface area contributed by atoms with Crippen molar-refractivity contribution in [2.75, 3.05) is 6.54 Å². The maximum atomic E-state index is 11.8. The molecule has 2 aromatic rings. The highest BCUT2D eigenvalue weighted by Gasteiger charge is 2.07. The number of halogens is 1. The van der Waals surface area contributed by atoms with E-state index in [0.717, 1.165) is 5.56 Å². The Labute approximate surface area is 115 Å². The Kier molecular flexibility index (Phi) is 4.06. The van der Waals surface area contributed by atoms with Crippen molar-refractivity contribution in [2.24, 2.45) is 0 Å². The molecule has 0 aliphatic heterocycles. The van der Waals surface area contributed by atoms with Gasteiger partial charge in [0.25, 0.3) is 5.91 Å². The predicted octanol–water partition coefficient (Wildman–Crippen LogP) is 1.98. The quantitative estimate of drug-likeness (QED) is 0.899. The molecule has 5 nitrogen and oxygen atoms in total. The third kappa shape index (κ3) is 3.48. The number of phenolic OH excluding ortho intramolecular Hbond substituents is 1. The number of nitrogens with one attached hydrogen (secondary N) is 1. The van der Waals surface area contributed by atoms with E-state index in [9.17, 15) is 9.90 Å². The van der Waals surface area contributed by atoms with Crippen LogP contribution in [0.25, 0.3) is 0 Å².